The van der Waals surface area contributed by atoms with Gasteiger partial charge in [-0.05, 0) is 57.3 Å². The zero-order valence-electron chi connectivity index (χ0n) is 17.7. The highest BCUT2D eigenvalue weighted by Gasteiger charge is 2.36. The van der Waals surface area contributed by atoms with Crippen molar-refractivity contribution in [3.63, 3.8) is 0 Å². The number of H-pyrrole nitrogens is 1. The summed E-state index contributed by atoms with van der Waals surface area (Å²) >= 11 is 0. The summed E-state index contributed by atoms with van der Waals surface area (Å²) in [5.41, 5.74) is 1.97. The number of nitrogens with zero attached hydrogens (tertiary/aromatic N) is 3. The van der Waals surface area contributed by atoms with E-state index in [0.717, 1.165) is 81.3 Å². The molecular weight excluding hydrogens is 364 g/mol. The number of carbonyl (C=O) groups is 1. The van der Waals surface area contributed by atoms with Crippen molar-refractivity contribution in [1.82, 2.24) is 19.8 Å². The second-order valence-electron chi connectivity index (χ2n) is 9.88. The molecule has 1 amide bonds. The van der Waals surface area contributed by atoms with Crippen molar-refractivity contribution in [2.45, 2.75) is 83.2 Å². The number of fused-ring (bicyclic) bond motifs is 1. The molecule has 6 nitrogen and oxygen atoms in total. The predicted molar refractivity (Wildman–Crippen MR) is 112 cm³/mol. The third kappa shape index (κ3) is 4.00. The van der Waals surface area contributed by atoms with Crippen LogP contribution in [0.4, 0.5) is 0 Å². The largest absolute Gasteiger partial charge is 0.342 e. The molecule has 2 aliphatic heterocycles. The normalized spacial score (nSPS) is 28.9. The topological polar surface area (TPSA) is 69.3 Å². The van der Waals surface area contributed by atoms with E-state index in [0.29, 0.717) is 17.9 Å². The first kappa shape index (κ1) is 19.3. The summed E-state index contributed by atoms with van der Waals surface area (Å²) in [6.45, 7) is 5.73. The zero-order valence-corrected chi connectivity index (χ0v) is 17.7. The number of nitrogens with one attached hydrogen (secondary N) is 1. The predicted octanol–water partition coefficient (Wildman–Crippen LogP) is 2.82. The molecule has 2 saturated carbocycles. The molecule has 1 aromatic heterocycles. The number of rotatable bonds is 3. The molecule has 0 atom stereocenters. The van der Waals surface area contributed by atoms with Gasteiger partial charge in [0.2, 0.25) is 5.91 Å². The molecule has 158 valence electrons. The lowest BCUT2D eigenvalue weighted by Gasteiger charge is -2.38. The minimum atomic E-state index is 0.0652. The summed E-state index contributed by atoms with van der Waals surface area (Å²) < 4.78 is 0. The van der Waals surface area contributed by atoms with Crippen LogP contribution in [0.25, 0.3) is 0 Å². The number of aromatic nitrogens is 2. The van der Waals surface area contributed by atoms with Gasteiger partial charge in [0.05, 0.1) is 11.3 Å². The van der Waals surface area contributed by atoms with Gasteiger partial charge >= 0.3 is 0 Å². The summed E-state index contributed by atoms with van der Waals surface area (Å²) in [4.78, 5) is 37.7. The Morgan fingerprint density at radius 3 is 2.41 bits per heavy atom. The van der Waals surface area contributed by atoms with Crippen molar-refractivity contribution in [3.8, 4) is 0 Å². The number of hydrogen-bond acceptors (Lipinski definition) is 4. The van der Waals surface area contributed by atoms with E-state index in [-0.39, 0.29) is 11.5 Å². The van der Waals surface area contributed by atoms with E-state index in [2.05, 4.69) is 16.8 Å². The van der Waals surface area contributed by atoms with Crippen LogP contribution in [0.5, 0.6) is 0 Å². The van der Waals surface area contributed by atoms with Crippen LogP contribution < -0.4 is 5.56 Å². The Kier molecular flexibility index (Phi) is 5.23. The second kappa shape index (κ2) is 7.86. The van der Waals surface area contributed by atoms with Crippen LogP contribution in [0.2, 0.25) is 0 Å². The van der Waals surface area contributed by atoms with Crippen LogP contribution in [0, 0.1) is 11.8 Å². The highest BCUT2D eigenvalue weighted by molar-refractivity contribution is 5.81. The van der Waals surface area contributed by atoms with E-state index >= 15 is 0 Å². The van der Waals surface area contributed by atoms with Crippen molar-refractivity contribution >= 4 is 5.91 Å². The average molecular weight is 399 g/mol. The van der Waals surface area contributed by atoms with Gasteiger partial charge in [0.15, 0.2) is 0 Å². The van der Waals surface area contributed by atoms with Crippen molar-refractivity contribution in [1.29, 1.82) is 0 Å². The monoisotopic (exact) mass is 398 g/mol. The number of carbonyl (C=O) groups excluding carboxylic acids is 1. The number of likely N-dealkylation sites (tertiary alicyclic amines) is 1. The molecule has 0 spiro atoms. The smallest absolute Gasteiger partial charge is 0.255 e. The van der Waals surface area contributed by atoms with Crippen LogP contribution in [0.3, 0.4) is 0 Å². The molecule has 1 N–H and O–H groups in total. The Morgan fingerprint density at radius 1 is 1.00 bits per heavy atom. The first-order valence-corrected chi connectivity index (χ1v) is 11.7. The highest BCUT2D eigenvalue weighted by atomic mass is 16.2. The maximum absolute atomic E-state index is 12.9. The molecule has 0 radical (unpaired) electrons. The first-order valence-electron chi connectivity index (χ1n) is 11.7. The second-order valence-corrected chi connectivity index (χ2v) is 9.88. The molecule has 1 aromatic rings. The van der Waals surface area contributed by atoms with Gasteiger partial charge in [-0.15, -0.1) is 0 Å². The molecule has 5 rings (SSSR count). The third-order valence-electron chi connectivity index (χ3n) is 7.74. The molecule has 6 heteroatoms. The average Bonchev–Trinajstić information content (AvgIpc) is 3.59. The Hall–Kier alpha value is -1.69. The van der Waals surface area contributed by atoms with Crippen molar-refractivity contribution in [2.24, 2.45) is 11.8 Å². The lowest BCUT2D eigenvalue weighted by Crippen LogP contribution is -2.44. The summed E-state index contributed by atoms with van der Waals surface area (Å²) in [7, 11) is 0. The number of piperidine rings is 1. The number of hydrogen-bond donors (Lipinski definition) is 1. The molecule has 29 heavy (non-hydrogen) atoms. The van der Waals surface area contributed by atoms with E-state index in [1.54, 1.807) is 0 Å². The molecular formula is C23H34N4O2. The minimum absolute atomic E-state index is 0.0652. The fourth-order valence-electron chi connectivity index (χ4n) is 5.54. The number of amides is 1. The molecule has 0 unspecified atom stereocenters. The Labute approximate surface area is 173 Å². The first-order chi connectivity index (χ1) is 14.1. The van der Waals surface area contributed by atoms with E-state index in [9.17, 15) is 9.59 Å². The van der Waals surface area contributed by atoms with Crippen LogP contribution in [0.1, 0.15) is 81.3 Å². The fraction of sp³-hybridized carbons (Fsp3) is 0.783. The van der Waals surface area contributed by atoms with E-state index in [1.807, 2.05) is 4.90 Å². The van der Waals surface area contributed by atoms with E-state index in [4.69, 9.17) is 4.98 Å². The summed E-state index contributed by atoms with van der Waals surface area (Å²) in [6, 6.07) is 0.631. The maximum Gasteiger partial charge on any atom is 0.255 e. The van der Waals surface area contributed by atoms with Crippen LogP contribution >= 0.6 is 0 Å². The van der Waals surface area contributed by atoms with Gasteiger partial charge in [-0.25, -0.2) is 4.98 Å². The fourth-order valence-corrected chi connectivity index (χ4v) is 5.54. The Balaban J connectivity index is 1.25. The van der Waals surface area contributed by atoms with Crippen LogP contribution in [-0.2, 0) is 17.8 Å². The number of aromatic amines is 1. The van der Waals surface area contributed by atoms with Gasteiger partial charge in [-0.1, -0.05) is 6.92 Å². The van der Waals surface area contributed by atoms with E-state index < -0.39 is 0 Å². The maximum atomic E-state index is 12.9. The van der Waals surface area contributed by atoms with E-state index in [1.165, 1.54) is 25.7 Å². The van der Waals surface area contributed by atoms with Crippen LogP contribution in [0.15, 0.2) is 4.79 Å². The summed E-state index contributed by atoms with van der Waals surface area (Å²) in [6.07, 6.45) is 9.98. The lowest BCUT2D eigenvalue weighted by atomic mass is 9.86. The Bertz CT molecular complexity index is 815. The standard InChI is InChI=1S/C23H34N4O2/c1-15-2-6-18(7-3-15)27-13-10-20-19(14-27)22(28)25-21(24-20)16-8-11-26(12-9-16)23(29)17-4-5-17/h15-18H,2-14H2,1H3,(H,24,25,28). The molecule has 3 fully saturated rings. The van der Waals surface area contributed by atoms with Gasteiger partial charge in [0, 0.05) is 50.5 Å². The Morgan fingerprint density at radius 2 is 1.72 bits per heavy atom. The van der Waals surface area contributed by atoms with Gasteiger partial charge in [0.25, 0.3) is 5.56 Å². The molecule has 4 aliphatic rings. The molecule has 3 heterocycles. The van der Waals surface area contributed by atoms with Gasteiger partial charge in [-0.2, -0.15) is 0 Å². The molecule has 0 aromatic carbocycles. The quantitative estimate of drug-likeness (QED) is 0.850. The van der Waals surface area contributed by atoms with Crippen LogP contribution in [-0.4, -0.2) is 51.4 Å². The van der Waals surface area contributed by atoms with Crippen molar-refractivity contribution in [2.75, 3.05) is 19.6 Å². The van der Waals surface area contributed by atoms with Gasteiger partial charge in [-0.3, -0.25) is 14.5 Å². The van der Waals surface area contributed by atoms with Crippen molar-refractivity contribution < 1.29 is 4.79 Å². The third-order valence-corrected chi connectivity index (χ3v) is 7.74. The highest BCUT2D eigenvalue weighted by Crippen LogP contribution is 2.34. The summed E-state index contributed by atoms with van der Waals surface area (Å²) in [5.74, 6) is 2.61. The lowest BCUT2D eigenvalue weighted by molar-refractivity contribution is -0.133. The zero-order chi connectivity index (χ0) is 20.0. The summed E-state index contributed by atoms with van der Waals surface area (Å²) in [5, 5.41) is 0. The van der Waals surface area contributed by atoms with Crippen molar-refractivity contribution in [3.05, 3.63) is 27.4 Å². The SMILES string of the molecule is CC1CCC(N2CCc3nc(C4CCN(C(=O)C5CC5)CC4)[nH]c(=O)c3C2)CC1. The molecule has 0 bridgehead atoms. The van der Waals surface area contributed by atoms with Gasteiger partial charge < -0.3 is 9.88 Å². The minimum Gasteiger partial charge on any atom is -0.342 e. The molecule has 2 aliphatic carbocycles. The molecule has 1 saturated heterocycles. The van der Waals surface area contributed by atoms with Gasteiger partial charge in [0.1, 0.15) is 5.82 Å².